The standard InChI is InChI=1S/C7H14FN/c1-6-3-2-4-9-5-7(6)8/h6-7,9H,2-5H2,1H3/t6-,7?/m1/s1. The second-order valence-electron chi connectivity index (χ2n) is 2.84. The van der Waals surface area contributed by atoms with Gasteiger partial charge in [0.25, 0.3) is 0 Å². The molecule has 0 aromatic rings. The number of hydrogen-bond acceptors (Lipinski definition) is 1. The summed E-state index contributed by atoms with van der Waals surface area (Å²) in [6.07, 6.45) is 1.54. The van der Waals surface area contributed by atoms with Crippen LogP contribution in [0.3, 0.4) is 0 Å². The monoisotopic (exact) mass is 131 g/mol. The van der Waals surface area contributed by atoms with Crippen molar-refractivity contribution >= 4 is 0 Å². The van der Waals surface area contributed by atoms with Crippen molar-refractivity contribution in [2.24, 2.45) is 5.92 Å². The van der Waals surface area contributed by atoms with Crippen LogP contribution in [0.25, 0.3) is 0 Å². The Labute approximate surface area is 55.6 Å². The second kappa shape index (κ2) is 3.16. The molecule has 1 saturated heterocycles. The smallest absolute Gasteiger partial charge is 0.115 e. The summed E-state index contributed by atoms with van der Waals surface area (Å²) in [7, 11) is 0. The van der Waals surface area contributed by atoms with Crippen molar-refractivity contribution in [1.82, 2.24) is 5.32 Å². The van der Waals surface area contributed by atoms with Gasteiger partial charge in [-0.15, -0.1) is 0 Å². The van der Waals surface area contributed by atoms with E-state index in [4.69, 9.17) is 0 Å². The molecule has 9 heavy (non-hydrogen) atoms. The Hall–Kier alpha value is -0.110. The first kappa shape index (κ1) is 7.00. The molecule has 2 heteroatoms. The van der Waals surface area contributed by atoms with E-state index in [2.05, 4.69) is 5.32 Å². The lowest BCUT2D eigenvalue weighted by Crippen LogP contribution is -2.24. The van der Waals surface area contributed by atoms with Crippen LogP contribution < -0.4 is 5.32 Å². The fourth-order valence-corrected chi connectivity index (χ4v) is 1.17. The third kappa shape index (κ3) is 1.94. The van der Waals surface area contributed by atoms with E-state index in [9.17, 15) is 4.39 Å². The Bertz CT molecular complexity index is 75.0. The number of rotatable bonds is 0. The minimum absolute atomic E-state index is 0.264. The molecule has 1 rings (SSSR count). The predicted octanol–water partition coefficient (Wildman–Crippen LogP) is 1.34. The van der Waals surface area contributed by atoms with Crippen LogP contribution in [0.5, 0.6) is 0 Å². The molecular weight excluding hydrogens is 117 g/mol. The van der Waals surface area contributed by atoms with Gasteiger partial charge in [-0.05, 0) is 25.3 Å². The van der Waals surface area contributed by atoms with E-state index < -0.39 is 6.17 Å². The average molecular weight is 131 g/mol. The summed E-state index contributed by atoms with van der Waals surface area (Å²) in [5, 5.41) is 3.05. The van der Waals surface area contributed by atoms with Crippen LogP contribution >= 0.6 is 0 Å². The van der Waals surface area contributed by atoms with Gasteiger partial charge in [0.2, 0.25) is 0 Å². The molecule has 1 aliphatic heterocycles. The normalized spacial score (nSPS) is 38.0. The maximum absolute atomic E-state index is 12.8. The van der Waals surface area contributed by atoms with Crippen molar-refractivity contribution in [3.05, 3.63) is 0 Å². The van der Waals surface area contributed by atoms with Crippen molar-refractivity contribution in [2.75, 3.05) is 13.1 Å². The van der Waals surface area contributed by atoms with Crippen LogP contribution in [0.1, 0.15) is 19.8 Å². The van der Waals surface area contributed by atoms with Crippen LogP contribution in [0, 0.1) is 5.92 Å². The Morgan fingerprint density at radius 1 is 1.56 bits per heavy atom. The molecule has 54 valence electrons. The molecule has 0 spiro atoms. The quantitative estimate of drug-likeness (QED) is 0.523. The largest absolute Gasteiger partial charge is 0.314 e. The number of alkyl halides is 1. The highest BCUT2D eigenvalue weighted by molar-refractivity contribution is 4.71. The topological polar surface area (TPSA) is 12.0 Å². The van der Waals surface area contributed by atoms with Crippen LogP contribution in [0.15, 0.2) is 0 Å². The molecule has 1 N–H and O–H groups in total. The first-order valence-electron chi connectivity index (χ1n) is 3.65. The maximum atomic E-state index is 12.8. The van der Waals surface area contributed by atoms with Gasteiger partial charge in [-0.25, -0.2) is 4.39 Å². The van der Waals surface area contributed by atoms with Gasteiger partial charge in [0, 0.05) is 6.54 Å². The lowest BCUT2D eigenvalue weighted by molar-refractivity contribution is 0.242. The van der Waals surface area contributed by atoms with Gasteiger partial charge in [-0.1, -0.05) is 6.92 Å². The summed E-state index contributed by atoms with van der Waals surface area (Å²) in [5.74, 6) is 0.264. The van der Waals surface area contributed by atoms with E-state index in [0.29, 0.717) is 6.54 Å². The molecule has 0 amide bonds. The van der Waals surface area contributed by atoms with Crippen LogP contribution in [0.4, 0.5) is 4.39 Å². The second-order valence-corrected chi connectivity index (χ2v) is 2.84. The van der Waals surface area contributed by atoms with Crippen LogP contribution in [-0.2, 0) is 0 Å². The molecular formula is C7H14FN. The van der Waals surface area contributed by atoms with Gasteiger partial charge < -0.3 is 5.32 Å². The lowest BCUT2D eigenvalue weighted by atomic mass is 10.0. The van der Waals surface area contributed by atoms with E-state index in [1.807, 2.05) is 6.92 Å². The minimum Gasteiger partial charge on any atom is -0.314 e. The van der Waals surface area contributed by atoms with E-state index in [0.717, 1.165) is 19.4 Å². The summed E-state index contributed by atoms with van der Waals surface area (Å²) in [5.41, 5.74) is 0. The average Bonchev–Trinajstić information content (AvgIpc) is 1.99. The third-order valence-corrected chi connectivity index (χ3v) is 1.97. The molecule has 1 fully saturated rings. The molecule has 1 nitrogen and oxygen atoms in total. The van der Waals surface area contributed by atoms with Crippen molar-refractivity contribution in [2.45, 2.75) is 25.9 Å². The highest BCUT2D eigenvalue weighted by Crippen LogP contribution is 2.15. The number of halogens is 1. The summed E-state index contributed by atoms with van der Waals surface area (Å²) < 4.78 is 12.8. The van der Waals surface area contributed by atoms with Gasteiger partial charge in [0.05, 0.1) is 0 Å². The highest BCUT2D eigenvalue weighted by Gasteiger charge is 2.17. The molecule has 0 aromatic heterocycles. The molecule has 2 atom stereocenters. The Morgan fingerprint density at radius 2 is 2.33 bits per heavy atom. The maximum Gasteiger partial charge on any atom is 0.115 e. The van der Waals surface area contributed by atoms with Gasteiger partial charge >= 0.3 is 0 Å². The molecule has 1 unspecified atom stereocenters. The third-order valence-electron chi connectivity index (χ3n) is 1.97. The van der Waals surface area contributed by atoms with E-state index in [1.54, 1.807) is 0 Å². The zero-order chi connectivity index (χ0) is 6.69. The van der Waals surface area contributed by atoms with Gasteiger partial charge in [0.1, 0.15) is 6.17 Å². The molecule has 0 aromatic carbocycles. The van der Waals surface area contributed by atoms with Crippen molar-refractivity contribution in [3.63, 3.8) is 0 Å². The molecule has 1 aliphatic rings. The van der Waals surface area contributed by atoms with Crippen LogP contribution in [0.2, 0.25) is 0 Å². The van der Waals surface area contributed by atoms with Gasteiger partial charge in [-0.3, -0.25) is 0 Å². The highest BCUT2D eigenvalue weighted by atomic mass is 19.1. The number of nitrogens with one attached hydrogen (secondary N) is 1. The van der Waals surface area contributed by atoms with E-state index >= 15 is 0 Å². The number of hydrogen-bond donors (Lipinski definition) is 1. The predicted molar refractivity (Wildman–Crippen MR) is 36.2 cm³/mol. The SMILES string of the molecule is C[C@@H]1CCCNCC1F. The minimum atomic E-state index is -0.618. The van der Waals surface area contributed by atoms with E-state index in [-0.39, 0.29) is 5.92 Å². The van der Waals surface area contributed by atoms with Crippen molar-refractivity contribution < 1.29 is 4.39 Å². The Balaban J connectivity index is 2.32. The lowest BCUT2D eigenvalue weighted by Gasteiger charge is -2.10. The Morgan fingerprint density at radius 3 is 3.11 bits per heavy atom. The molecule has 0 saturated carbocycles. The first-order valence-corrected chi connectivity index (χ1v) is 3.65. The summed E-state index contributed by atoms with van der Waals surface area (Å²) in [4.78, 5) is 0. The van der Waals surface area contributed by atoms with Crippen LogP contribution in [-0.4, -0.2) is 19.3 Å². The zero-order valence-electron chi connectivity index (χ0n) is 5.86. The Kier molecular flexibility index (Phi) is 2.46. The van der Waals surface area contributed by atoms with Gasteiger partial charge in [0.15, 0.2) is 0 Å². The fraction of sp³-hybridized carbons (Fsp3) is 1.00. The van der Waals surface area contributed by atoms with Crippen molar-refractivity contribution in [1.29, 1.82) is 0 Å². The molecule has 1 heterocycles. The van der Waals surface area contributed by atoms with Gasteiger partial charge in [-0.2, -0.15) is 0 Å². The fourth-order valence-electron chi connectivity index (χ4n) is 1.17. The first-order chi connectivity index (χ1) is 4.30. The summed E-state index contributed by atoms with van der Waals surface area (Å²) in [6, 6.07) is 0. The molecule has 0 aliphatic carbocycles. The van der Waals surface area contributed by atoms with Crippen molar-refractivity contribution in [3.8, 4) is 0 Å². The summed E-state index contributed by atoms with van der Waals surface area (Å²) in [6.45, 7) is 3.53. The molecule has 0 bridgehead atoms. The summed E-state index contributed by atoms with van der Waals surface area (Å²) >= 11 is 0. The zero-order valence-corrected chi connectivity index (χ0v) is 5.86. The molecule has 0 radical (unpaired) electrons. The van der Waals surface area contributed by atoms with E-state index in [1.165, 1.54) is 0 Å².